The van der Waals surface area contributed by atoms with Crippen molar-refractivity contribution in [2.45, 2.75) is 6.42 Å². The minimum Gasteiger partial charge on any atom is -0.497 e. The van der Waals surface area contributed by atoms with Crippen LogP contribution in [0.5, 0.6) is 5.75 Å². The van der Waals surface area contributed by atoms with Gasteiger partial charge in [0, 0.05) is 18.2 Å². The molecule has 3 rings (SSSR count). The van der Waals surface area contributed by atoms with E-state index in [0.717, 1.165) is 27.6 Å². The van der Waals surface area contributed by atoms with Gasteiger partial charge in [0.25, 0.3) is 0 Å². The fourth-order valence-electron chi connectivity index (χ4n) is 2.39. The van der Waals surface area contributed by atoms with Gasteiger partial charge < -0.3 is 16.2 Å². The smallest absolute Gasteiger partial charge is 0.221 e. The Hall–Kier alpha value is -2.82. The van der Waals surface area contributed by atoms with Crippen LogP contribution >= 0.6 is 0 Å². The standard InChI is InChI=1S/C16H16N4O/c1-21-13-5-6-14-10(3-2-4-11(14)8-13)7-12-9-19-16(18)20-15(12)17/h2-6,8-9H,7H2,1H3,(H4,17,18,19,20). The number of rotatable bonds is 3. The number of benzene rings is 2. The lowest BCUT2D eigenvalue weighted by Gasteiger charge is -2.09. The molecule has 0 spiro atoms. The second-order valence-corrected chi connectivity index (χ2v) is 4.82. The first-order chi connectivity index (χ1) is 10.2. The molecule has 0 unspecified atom stereocenters. The van der Waals surface area contributed by atoms with Gasteiger partial charge in [-0.1, -0.05) is 24.3 Å². The van der Waals surface area contributed by atoms with Crippen molar-refractivity contribution in [1.29, 1.82) is 0 Å². The van der Waals surface area contributed by atoms with E-state index in [1.165, 1.54) is 0 Å². The number of hydrogen-bond acceptors (Lipinski definition) is 5. The number of nitrogens with two attached hydrogens (primary N) is 2. The molecule has 0 radical (unpaired) electrons. The van der Waals surface area contributed by atoms with Gasteiger partial charge >= 0.3 is 0 Å². The van der Waals surface area contributed by atoms with Gasteiger partial charge in [0.2, 0.25) is 5.95 Å². The van der Waals surface area contributed by atoms with Crippen LogP contribution in [0.3, 0.4) is 0 Å². The van der Waals surface area contributed by atoms with Crippen LogP contribution < -0.4 is 16.2 Å². The van der Waals surface area contributed by atoms with Crippen molar-refractivity contribution in [1.82, 2.24) is 9.97 Å². The summed E-state index contributed by atoms with van der Waals surface area (Å²) in [5.74, 6) is 1.46. The molecule has 0 fully saturated rings. The van der Waals surface area contributed by atoms with Crippen molar-refractivity contribution in [3.63, 3.8) is 0 Å². The summed E-state index contributed by atoms with van der Waals surface area (Å²) in [6, 6.07) is 12.2. The Bertz CT molecular complexity index is 801. The van der Waals surface area contributed by atoms with Crippen molar-refractivity contribution in [2.24, 2.45) is 0 Å². The highest BCUT2D eigenvalue weighted by Crippen LogP contribution is 2.26. The molecule has 21 heavy (non-hydrogen) atoms. The third-order valence-corrected chi connectivity index (χ3v) is 3.48. The van der Waals surface area contributed by atoms with Gasteiger partial charge in [-0.3, -0.25) is 0 Å². The molecule has 1 heterocycles. The first kappa shape index (κ1) is 13.2. The van der Waals surface area contributed by atoms with Gasteiger partial charge in [0.05, 0.1) is 7.11 Å². The molecule has 2 aromatic carbocycles. The summed E-state index contributed by atoms with van der Waals surface area (Å²) in [4.78, 5) is 8.01. The minimum absolute atomic E-state index is 0.193. The summed E-state index contributed by atoms with van der Waals surface area (Å²) < 4.78 is 5.26. The van der Waals surface area contributed by atoms with Crippen LogP contribution in [0, 0.1) is 0 Å². The van der Waals surface area contributed by atoms with Crippen LogP contribution in [0.25, 0.3) is 10.8 Å². The van der Waals surface area contributed by atoms with Crippen molar-refractivity contribution < 1.29 is 4.74 Å². The molecular formula is C16H16N4O. The van der Waals surface area contributed by atoms with E-state index in [2.05, 4.69) is 28.2 Å². The predicted molar refractivity (Wildman–Crippen MR) is 84.2 cm³/mol. The Morgan fingerprint density at radius 1 is 1.10 bits per heavy atom. The maximum Gasteiger partial charge on any atom is 0.221 e. The molecule has 3 aromatic rings. The molecule has 0 amide bonds. The topological polar surface area (TPSA) is 87.0 Å². The number of nitrogens with zero attached hydrogens (tertiary/aromatic N) is 2. The van der Waals surface area contributed by atoms with E-state index in [1.807, 2.05) is 18.2 Å². The van der Waals surface area contributed by atoms with Crippen LogP contribution in [0.2, 0.25) is 0 Å². The lowest BCUT2D eigenvalue weighted by molar-refractivity contribution is 0.415. The third-order valence-electron chi connectivity index (χ3n) is 3.48. The number of methoxy groups -OCH3 is 1. The highest BCUT2D eigenvalue weighted by molar-refractivity contribution is 5.87. The van der Waals surface area contributed by atoms with E-state index in [4.69, 9.17) is 16.2 Å². The van der Waals surface area contributed by atoms with Gasteiger partial charge in [-0.05, 0) is 28.5 Å². The number of ether oxygens (including phenoxy) is 1. The zero-order valence-electron chi connectivity index (χ0n) is 11.7. The van der Waals surface area contributed by atoms with E-state index < -0.39 is 0 Å². The number of aromatic nitrogens is 2. The average molecular weight is 280 g/mol. The fraction of sp³-hybridized carbons (Fsp3) is 0.125. The summed E-state index contributed by atoms with van der Waals surface area (Å²) in [6.45, 7) is 0. The van der Waals surface area contributed by atoms with E-state index in [0.29, 0.717) is 12.2 Å². The quantitative estimate of drug-likeness (QED) is 0.769. The van der Waals surface area contributed by atoms with E-state index in [-0.39, 0.29) is 5.95 Å². The third kappa shape index (κ3) is 2.58. The van der Waals surface area contributed by atoms with Crippen LogP contribution in [0.1, 0.15) is 11.1 Å². The second kappa shape index (κ2) is 5.28. The van der Waals surface area contributed by atoms with Crippen LogP contribution in [0.15, 0.2) is 42.6 Å². The minimum atomic E-state index is 0.193. The first-order valence-corrected chi connectivity index (χ1v) is 6.60. The maximum absolute atomic E-state index is 5.91. The average Bonchev–Trinajstić information content (AvgIpc) is 2.49. The maximum atomic E-state index is 5.91. The normalized spacial score (nSPS) is 10.7. The van der Waals surface area contributed by atoms with E-state index in [1.54, 1.807) is 13.3 Å². The fourth-order valence-corrected chi connectivity index (χ4v) is 2.39. The van der Waals surface area contributed by atoms with Crippen LogP contribution in [-0.4, -0.2) is 17.1 Å². The number of fused-ring (bicyclic) bond motifs is 1. The summed E-state index contributed by atoms with van der Waals surface area (Å²) >= 11 is 0. The Kier molecular flexibility index (Phi) is 3.31. The van der Waals surface area contributed by atoms with Crippen molar-refractivity contribution >= 4 is 22.5 Å². The molecule has 0 saturated carbocycles. The molecule has 0 aliphatic heterocycles. The van der Waals surface area contributed by atoms with Crippen molar-refractivity contribution in [3.05, 3.63) is 53.7 Å². The van der Waals surface area contributed by atoms with Crippen LogP contribution in [0.4, 0.5) is 11.8 Å². The molecule has 0 aliphatic rings. The largest absolute Gasteiger partial charge is 0.497 e. The van der Waals surface area contributed by atoms with Gasteiger partial charge in [-0.2, -0.15) is 4.98 Å². The van der Waals surface area contributed by atoms with Gasteiger partial charge in [0.15, 0.2) is 0 Å². The van der Waals surface area contributed by atoms with Gasteiger partial charge in [-0.15, -0.1) is 0 Å². The highest BCUT2D eigenvalue weighted by Gasteiger charge is 2.07. The first-order valence-electron chi connectivity index (χ1n) is 6.60. The predicted octanol–water partition coefficient (Wildman–Crippen LogP) is 2.39. The molecule has 5 nitrogen and oxygen atoms in total. The molecule has 0 bridgehead atoms. The summed E-state index contributed by atoms with van der Waals surface area (Å²) in [7, 11) is 1.66. The number of hydrogen-bond donors (Lipinski definition) is 2. The lowest BCUT2D eigenvalue weighted by Crippen LogP contribution is -2.04. The molecular weight excluding hydrogens is 264 g/mol. The monoisotopic (exact) mass is 280 g/mol. The Labute approximate surface area is 122 Å². The number of anilines is 2. The molecule has 1 aromatic heterocycles. The molecule has 0 saturated heterocycles. The van der Waals surface area contributed by atoms with Gasteiger partial charge in [-0.25, -0.2) is 4.98 Å². The molecule has 5 heteroatoms. The second-order valence-electron chi connectivity index (χ2n) is 4.82. The summed E-state index contributed by atoms with van der Waals surface area (Å²) in [5, 5.41) is 2.29. The van der Waals surface area contributed by atoms with Crippen LogP contribution in [-0.2, 0) is 6.42 Å². The van der Waals surface area contributed by atoms with E-state index in [9.17, 15) is 0 Å². The molecule has 0 aliphatic carbocycles. The summed E-state index contributed by atoms with van der Waals surface area (Å²) in [5.41, 5.74) is 13.5. The highest BCUT2D eigenvalue weighted by atomic mass is 16.5. The molecule has 4 N–H and O–H groups in total. The summed E-state index contributed by atoms with van der Waals surface area (Å²) in [6.07, 6.45) is 2.34. The van der Waals surface area contributed by atoms with Crippen molar-refractivity contribution in [2.75, 3.05) is 18.6 Å². The molecule has 106 valence electrons. The Balaban J connectivity index is 2.04. The SMILES string of the molecule is COc1ccc2c(Cc3cnc(N)nc3N)cccc2c1. The number of nitrogen functional groups attached to an aromatic ring is 2. The lowest BCUT2D eigenvalue weighted by atomic mass is 9.99. The Morgan fingerprint density at radius 3 is 2.71 bits per heavy atom. The van der Waals surface area contributed by atoms with E-state index >= 15 is 0 Å². The van der Waals surface area contributed by atoms with Gasteiger partial charge in [0.1, 0.15) is 11.6 Å². The zero-order valence-corrected chi connectivity index (χ0v) is 11.7. The Morgan fingerprint density at radius 2 is 1.95 bits per heavy atom. The molecule has 0 atom stereocenters. The zero-order chi connectivity index (χ0) is 14.8. The van der Waals surface area contributed by atoms with Crippen molar-refractivity contribution in [3.8, 4) is 5.75 Å².